The standard InChI is InChI=1S/C11H15IN2O/c1-7-3-4-13-6-10-8(7)5-9(12)11(14-10)15-2/h5,7,13H,3-4,6H2,1-2H3. The normalized spacial score (nSPS) is 20.6. The molecule has 0 aliphatic carbocycles. The molecule has 0 saturated heterocycles. The van der Waals surface area contributed by atoms with Crippen molar-refractivity contribution in [2.75, 3.05) is 13.7 Å². The third kappa shape index (κ3) is 2.25. The summed E-state index contributed by atoms with van der Waals surface area (Å²) < 4.78 is 6.34. The Hall–Kier alpha value is -0.360. The van der Waals surface area contributed by atoms with E-state index in [1.54, 1.807) is 7.11 Å². The minimum absolute atomic E-state index is 0.585. The molecule has 0 fully saturated rings. The molecule has 0 amide bonds. The zero-order chi connectivity index (χ0) is 10.8. The molecule has 15 heavy (non-hydrogen) atoms. The highest BCUT2D eigenvalue weighted by Crippen LogP contribution is 2.29. The van der Waals surface area contributed by atoms with Crippen LogP contribution in [0.2, 0.25) is 0 Å². The lowest BCUT2D eigenvalue weighted by Gasteiger charge is -2.13. The van der Waals surface area contributed by atoms with Crippen molar-refractivity contribution in [1.29, 1.82) is 0 Å². The third-order valence-corrected chi connectivity index (χ3v) is 3.60. The van der Waals surface area contributed by atoms with Crippen molar-refractivity contribution in [3.05, 3.63) is 20.9 Å². The molecule has 0 radical (unpaired) electrons. The number of aromatic nitrogens is 1. The largest absolute Gasteiger partial charge is 0.480 e. The number of nitrogens with zero attached hydrogens (tertiary/aromatic N) is 1. The van der Waals surface area contributed by atoms with E-state index < -0.39 is 0 Å². The zero-order valence-corrected chi connectivity index (χ0v) is 11.2. The molecular formula is C11H15IN2O. The first-order chi connectivity index (χ1) is 7.22. The zero-order valence-electron chi connectivity index (χ0n) is 9.01. The molecule has 2 heterocycles. The van der Waals surface area contributed by atoms with Crippen LogP contribution in [-0.2, 0) is 6.54 Å². The van der Waals surface area contributed by atoms with E-state index >= 15 is 0 Å². The topological polar surface area (TPSA) is 34.1 Å². The predicted molar refractivity (Wildman–Crippen MR) is 68.2 cm³/mol. The van der Waals surface area contributed by atoms with E-state index in [9.17, 15) is 0 Å². The Labute approximate surface area is 104 Å². The van der Waals surface area contributed by atoms with E-state index in [0.717, 1.165) is 28.2 Å². The van der Waals surface area contributed by atoms with E-state index in [4.69, 9.17) is 4.74 Å². The van der Waals surface area contributed by atoms with Crippen molar-refractivity contribution < 1.29 is 4.74 Å². The number of hydrogen-bond donors (Lipinski definition) is 1. The second-order valence-corrected chi connectivity index (χ2v) is 5.04. The Bertz CT molecular complexity index is 368. The molecule has 0 saturated carbocycles. The maximum absolute atomic E-state index is 5.24. The molecule has 1 aliphatic rings. The van der Waals surface area contributed by atoms with Gasteiger partial charge in [0.1, 0.15) is 0 Å². The maximum Gasteiger partial charge on any atom is 0.227 e. The van der Waals surface area contributed by atoms with Crippen LogP contribution in [0.25, 0.3) is 0 Å². The Morgan fingerprint density at radius 2 is 2.40 bits per heavy atom. The Morgan fingerprint density at radius 1 is 1.60 bits per heavy atom. The van der Waals surface area contributed by atoms with Gasteiger partial charge in [-0.05, 0) is 53.1 Å². The first kappa shape index (κ1) is 11.1. The van der Waals surface area contributed by atoms with Gasteiger partial charge in [-0.3, -0.25) is 0 Å². The lowest BCUT2D eigenvalue weighted by Crippen LogP contribution is -2.13. The van der Waals surface area contributed by atoms with Crippen LogP contribution < -0.4 is 10.1 Å². The molecule has 4 heteroatoms. The predicted octanol–water partition coefficient (Wildman–Crippen LogP) is 2.29. The number of halogens is 1. The number of ether oxygens (including phenoxy) is 1. The number of fused-ring (bicyclic) bond motifs is 1. The highest BCUT2D eigenvalue weighted by atomic mass is 127. The molecule has 3 nitrogen and oxygen atoms in total. The summed E-state index contributed by atoms with van der Waals surface area (Å²) in [5, 5.41) is 3.38. The van der Waals surface area contributed by atoms with Gasteiger partial charge in [-0.2, -0.15) is 0 Å². The molecule has 1 atom stereocenters. The fraction of sp³-hybridized carbons (Fsp3) is 0.545. The van der Waals surface area contributed by atoms with Gasteiger partial charge in [0.05, 0.1) is 16.4 Å². The first-order valence-corrected chi connectivity index (χ1v) is 6.24. The summed E-state index contributed by atoms with van der Waals surface area (Å²) in [6.07, 6.45) is 1.18. The minimum atomic E-state index is 0.585. The monoisotopic (exact) mass is 318 g/mol. The van der Waals surface area contributed by atoms with Crippen molar-refractivity contribution in [2.24, 2.45) is 0 Å². The summed E-state index contributed by atoms with van der Waals surface area (Å²) >= 11 is 2.28. The van der Waals surface area contributed by atoms with E-state index in [2.05, 4.69) is 45.9 Å². The van der Waals surface area contributed by atoms with E-state index in [0.29, 0.717) is 5.92 Å². The molecule has 82 valence electrons. The average molecular weight is 318 g/mol. The van der Waals surface area contributed by atoms with Gasteiger partial charge in [0.15, 0.2) is 0 Å². The van der Waals surface area contributed by atoms with E-state index in [1.165, 1.54) is 12.0 Å². The molecule has 1 unspecified atom stereocenters. The molecule has 1 aliphatic heterocycles. The van der Waals surface area contributed by atoms with Crippen LogP contribution in [0, 0.1) is 3.57 Å². The molecule has 1 aromatic rings. The summed E-state index contributed by atoms with van der Waals surface area (Å²) in [7, 11) is 1.67. The number of pyridine rings is 1. The smallest absolute Gasteiger partial charge is 0.227 e. The molecular weight excluding hydrogens is 303 g/mol. The highest BCUT2D eigenvalue weighted by Gasteiger charge is 2.18. The van der Waals surface area contributed by atoms with Gasteiger partial charge in [-0.15, -0.1) is 0 Å². The van der Waals surface area contributed by atoms with Crippen LogP contribution in [0.3, 0.4) is 0 Å². The summed E-state index contributed by atoms with van der Waals surface area (Å²) in [4.78, 5) is 4.55. The minimum Gasteiger partial charge on any atom is -0.480 e. The van der Waals surface area contributed by atoms with Gasteiger partial charge in [0, 0.05) is 6.54 Å². The van der Waals surface area contributed by atoms with Gasteiger partial charge < -0.3 is 10.1 Å². The SMILES string of the molecule is COc1nc2c(cc1I)C(C)CCNC2. The van der Waals surface area contributed by atoms with Crippen LogP contribution in [-0.4, -0.2) is 18.6 Å². The summed E-state index contributed by atoms with van der Waals surface area (Å²) in [5.41, 5.74) is 2.50. The van der Waals surface area contributed by atoms with Crippen molar-refractivity contribution in [1.82, 2.24) is 10.3 Å². The number of methoxy groups -OCH3 is 1. The van der Waals surface area contributed by atoms with Gasteiger partial charge in [-0.1, -0.05) is 6.92 Å². The number of rotatable bonds is 1. The third-order valence-electron chi connectivity index (χ3n) is 2.83. The molecule has 1 N–H and O–H groups in total. The highest BCUT2D eigenvalue weighted by molar-refractivity contribution is 14.1. The summed E-state index contributed by atoms with van der Waals surface area (Å²) in [6.45, 7) is 4.18. The van der Waals surface area contributed by atoms with Gasteiger partial charge in [-0.25, -0.2) is 4.98 Å². The van der Waals surface area contributed by atoms with Gasteiger partial charge in [0.2, 0.25) is 5.88 Å². The Kier molecular flexibility index (Phi) is 3.45. The van der Waals surface area contributed by atoms with E-state index in [-0.39, 0.29) is 0 Å². The Balaban J connectivity index is 2.46. The summed E-state index contributed by atoms with van der Waals surface area (Å²) in [6, 6.07) is 2.21. The summed E-state index contributed by atoms with van der Waals surface area (Å²) in [5.74, 6) is 1.33. The lowest BCUT2D eigenvalue weighted by atomic mass is 9.98. The lowest BCUT2D eigenvalue weighted by molar-refractivity contribution is 0.392. The molecule has 2 rings (SSSR count). The Morgan fingerprint density at radius 3 is 3.13 bits per heavy atom. The van der Waals surface area contributed by atoms with Crippen LogP contribution in [0.5, 0.6) is 5.88 Å². The molecule has 1 aromatic heterocycles. The first-order valence-electron chi connectivity index (χ1n) is 5.16. The van der Waals surface area contributed by atoms with Crippen molar-refractivity contribution in [3.8, 4) is 5.88 Å². The molecule has 0 bridgehead atoms. The van der Waals surface area contributed by atoms with Crippen LogP contribution in [0.1, 0.15) is 30.5 Å². The van der Waals surface area contributed by atoms with Crippen molar-refractivity contribution in [3.63, 3.8) is 0 Å². The average Bonchev–Trinajstić information content (AvgIpc) is 2.40. The number of nitrogens with one attached hydrogen (secondary N) is 1. The van der Waals surface area contributed by atoms with Crippen molar-refractivity contribution in [2.45, 2.75) is 25.8 Å². The van der Waals surface area contributed by atoms with Crippen LogP contribution in [0.4, 0.5) is 0 Å². The van der Waals surface area contributed by atoms with Crippen LogP contribution >= 0.6 is 22.6 Å². The number of hydrogen-bond acceptors (Lipinski definition) is 3. The van der Waals surface area contributed by atoms with Crippen molar-refractivity contribution >= 4 is 22.6 Å². The molecule has 0 aromatic carbocycles. The van der Waals surface area contributed by atoms with Gasteiger partial charge in [0.25, 0.3) is 0 Å². The fourth-order valence-electron chi connectivity index (χ4n) is 1.91. The molecule has 0 spiro atoms. The second kappa shape index (κ2) is 4.65. The fourth-order valence-corrected chi connectivity index (χ4v) is 2.59. The maximum atomic E-state index is 5.24. The van der Waals surface area contributed by atoms with Crippen LogP contribution in [0.15, 0.2) is 6.07 Å². The van der Waals surface area contributed by atoms with Gasteiger partial charge >= 0.3 is 0 Å². The second-order valence-electron chi connectivity index (χ2n) is 3.88. The van der Waals surface area contributed by atoms with E-state index in [1.807, 2.05) is 0 Å². The quantitative estimate of drug-likeness (QED) is 0.807.